The number of para-hydroxylation sites is 2. The number of anilines is 3. The molecule has 0 saturated heterocycles. The van der Waals surface area contributed by atoms with Crippen molar-refractivity contribution in [3.8, 4) is 73.6 Å². The summed E-state index contributed by atoms with van der Waals surface area (Å²) >= 11 is 0. The lowest BCUT2D eigenvalue weighted by Gasteiger charge is -2.32. The summed E-state index contributed by atoms with van der Waals surface area (Å²) in [5, 5.41) is 11.3. The first-order valence-corrected chi connectivity index (χ1v) is 19.8. The second-order valence-electron chi connectivity index (χ2n) is 14.9. The fourth-order valence-electron chi connectivity index (χ4n) is 9.11. The van der Waals surface area contributed by atoms with Crippen molar-refractivity contribution in [2.45, 2.75) is 5.92 Å². The number of hydrogen-bond acceptors (Lipinski definition) is 5. The van der Waals surface area contributed by atoms with Crippen LogP contribution < -0.4 is 4.90 Å². The molecule has 6 heteroatoms. The molecule has 11 rings (SSSR count). The summed E-state index contributed by atoms with van der Waals surface area (Å²) in [5.74, 6) is 0.958. The molecule has 0 N–H and O–H groups in total. The van der Waals surface area contributed by atoms with Crippen LogP contribution in [0, 0.1) is 17.9 Å². The van der Waals surface area contributed by atoms with Gasteiger partial charge in [0.25, 0.3) is 0 Å². The summed E-state index contributed by atoms with van der Waals surface area (Å²) < 4.78 is 0. The molecule has 0 fully saturated rings. The van der Waals surface area contributed by atoms with Gasteiger partial charge in [0, 0.05) is 39.3 Å². The summed E-state index contributed by atoms with van der Waals surface area (Å²) in [7, 11) is 0. The third-order valence-electron chi connectivity index (χ3n) is 11.6. The predicted octanol–water partition coefficient (Wildman–Crippen LogP) is 13.6. The molecule has 2 heterocycles. The zero-order valence-electron chi connectivity index (χ0n) is 32.2. The van der Waals surface area contributed by atoms with E-state index in [9.17, 15) is 5.26 Å². The Hall–Kier alpha value is -8.45. The lowest BCUT2D eigenvalue weighted by Crippen LogP contribution is -2.16. The molecule has 9 aromatic rings. The van der Waals surface area contributed by atoms with Gasteiger partial charge in [0.2, 0.25) is 5.69 Å². The molecule has 1 aliphatic carbocycles. The largest absolute Gasteiger partial charge is 0.318 e. The van der Waals surface area contributed by atoms with E-state index in [2.05, 4.69) is 125 Å². The van der Waals surface area contributed by atoms with Gasteiger partial charge in [-0.15, -0.1) is 0 Å². The molecule has 1 aliphatic heterocycles. The van der Waals surface area contributed by atoms with E-state index in [0.29, 0.717) is 40.0 Å². The van der Waals surface area contributed by atoms with Crippen LogP contribution in [-0.2, 0) is 0 Å². The van der Waals surface area contributed by atoms with Crippen LogP contribution >= 0.6 is 0 Å². The van der Waals surface area contributed by atoms with Gasteiger partial charge in [-0.25, -0.2) is 19.8 Å². The summed E-state index contributed by atoms with van der Waals surface area (Å²) in [6.45, 7) is 8.89. The third-order valence-corrected chi connectivity index (χ3v) is 11.6. The Morgan fingerprint density at radius 1 is 0.483 bits per heavy atom. The number of nitriles is 1. The van der Waals surface area contributed by atoms with Gasteiger partial charge in [0.05, 0.1) is 29.7 Å². The summed E-state index contributed by atoms with van der Waals surface area (Å²) in [5.41, 5.74) is 14.6. The van der Waals surface area contributed by atoms with Crippen LogP contribution in [0.1, 0.15) is 28.2 Å². The van der Waals surface area contributed by atoms with E-state index in [-0.39, 0.29) is 5.92 Å². The summed E-state index contributed by atoms with van der Waals surface area (Å²) in [6.07, 6.45) is 0. The fraction of sp³-hybridized carbons (Fsp3) is 0.0185. The first-order valence-electron chi connectivity index (χ1n) is 19.8. The second kappa shape index (κ2) is 14.2. The van der Waals surface area contributed by atoms with Crippen LogP contribution in [0.4, 0.5) is 22.7 Å². The standard InChI is InChI=1S/C54H32N6/c1-56-45-32-36(33-55)48(49-43-28-12-10-24-39(43)40-25-11-13-29-44(40)49)50(54-58-52(34-18-4-2-5-19-34)57-53(59-54)35-20-6-3-7-21-35)51(45)60-46-30-16-14-26-41(46)37-22-8-9-23-38(37)42-27-15-17-31-47(42)60/h2-32,49H. The molecular formula is C54H32N6. The lowest BCUT2D eigenvalue weighted by molar-refractivity contribution is 0.994. The Kier molecular flexibility index (Phi) is 8.22. The first-order chi connectivity index (χ1) is 29.7. The molecule has 1 aromatic heterocycles. The minimum atomic E-state index is -0.382. The van der Waals surface area contributed by atoms with E-state index in [0.717, 1.165) is 72.6 Å². The SMILES string of the molecule is [C-]#[N+]c1cc(C#N)c(C2c3ccccc3-c3ccccc32)c(-c2nc(-c3ccccc3)nc(-c3ccccc3)n2)c1N1c2ccccc2-c2ccccc2-c2ccccc21. The Balaban J connectivity index is 1.34. The molecule has 6 nitrogen and oxygen atoms in total. The molecule has 0 atom stereocenters. The van der Waals surface area contributed by atoms with E-state index in [1.54, 1.807) is 6.07 Å². The molecule has 60 heavy (non-hydrogen) atoms. The maximum absolute atomic E-state index is 11.3. The van der Waals surface area contributed by atoms with Crippen LogP contribution in [0.25, 0.3) is 72.4 Å². The third kappa shape index (κ3) is 5.44. The Bertz CT molecular complexity index is 3080. The number of benzene rings is 8. The van der Waals surface area contributed by atoms with E-state index >= 15 is 0 Å². The molecular weight excluding hydrogens is 733 g/mol. The van der Waals surface area contributed by atoms with Crippen LogP contribution in [0.2, 0.25) is 0 Å². The maximum Gasteiger partial charge on any atom is 0.212 e. The average Bonchev–Trinajstić information content (AvgIpc) is 3.59. The van der Waals surface area contributed by atoms with Crippen LogP contribution in [0.5, 0.6) is 0 Å². The van der Waals surface area contributed by atoms with Gasteiger partial charge in [0.1, 0.15) is 0 Å². The topological polar surface area (TPSA) is 70.1 Å². The highest BCUT2D eigenvalue weighted by Crippen LogP contribution is 2.59. The molecule has 0 unspecified atom stereocenters. The molecule has 0 bridgehead atoms. The number of nitrogens with zero attached hydrogens (tertiary/aromatic N) is 6. The van der Waals surface area contributed by atoms with Crippen molar-refractivity contribution in [2.75, 3.05) is 4.90 Å². The molecule has 2 aliphatic rings. The van der Waals surface area contributed by atoms with Gasteiger partial charge in [-0.1, -0.05) is 170 Å². The van der Waals surface area contributed by atoms with Gasteiger partial charge in [-0.2, -0.15) is 5.26 Å². The van der Waals surface area contributed by atoms with Crippen molar-refractivity contribution in [2.24, 2.45) is 0 Å². The number of aromatic nitrogens is 3. The van der Waals surface area contributed by atoms with Crippen molar-refractivity contribution < 1.29 is 0 Å². The van der Waals surface area contributed by atoms with Gasteiger partial charge >= 0.3 is 0 Å². The van der Waals surface area contributed by atoms with E-state index < -0.39 is 0 Å². The minimum absolute atomic E-state index is 0.309. The first kappa shape index (κ1) is 34.8. The second-order valence-corrected chi connectivity index (χ2v) is 14.9. The van der Waals surface area contributed by atoms with Gasteiger partial charge in [0.15, 0.2) is 17.5 Å². The van der Waals surface area contributed by atoms with E-state index in [1.807, 2.05) is 72.8 Å². The highest BCUT2D eigenvalue weighted by atomic mass is 15.2. The normalized spacial score (nSPS) is 12.2. The Morgan fingerprint density at radius 2 is 0.900 bits per heavy atom. The predicted molar refractivity (Wildman–Crippen MR) is 239 cm³/mol. The fourth-order valence-corrected chi connectivity index (χ4v) is 9.11. The zero-order chi connectivity index (χ0) is 40.2. The minimum Gasteiger partial charge on any atom is -0.318 e. The van der Waals surface area contributed by atoms with Crippen molar-refractivity contribution in [3.63, 3.8) is 0 Å². The van der Waals surface area contributed by atoms with Crippen molar-refractivity contribution >= 4 is 22.7 Å². The lowest BCUT2D eigenvalue weighted by atomic mass is 9.81. The number of rotatable bonds is 5. The van der Waals surface area contributed by atoms with Crippen LogP contribution in [-0.4, -0.2) is 15.0 Å². The van der Waals surface area contributed by atoms with Crippen molar-refractivity contribution in [1.82, 2.24) is 15.0 Å². The van der Waals surface area contributed by atoms with Crippen molar-refractivity contribution in [1.29, 1.82) is 5.26 Å². The highest BCUT2D eigenvalue weighted by molar-refractivity contribution is 6.07. The summed E-state index contributed by atoms with van der Waals surface area (Å²) in [4.78, 5) is 22.3. The maximum atomic E-state index is 11.3. The zero-order valence-corrected chi connectivity index (χ0v) is 32.2. The van der Waals surface area contributed by atoms with E-state index in [1.165, 1.54) is 0 Å². The monoisotopic (exact) mass is 764 g/mol. The molecule has 0 amide bonds. The Labute approximate surface area is 347 Å². The number of fused-ring (bicyclic) bond motifs is 8. The molecule has 0 radical (unpaired) electrons. The van der Waals surface area contributed by atoms with Gasteiger partial charge < -0.3 is 4.90 Å². The number of hydrogen-bond donors (Lipinski definition) is 0. The quantitative estimate of drug-likeness (QED) is 0.163. The molecule has 0 saturated carbocycles. The van der Waals surface area contributed by atoms with Gasteiger partial charge in [-0.05, 0) is 57.1 Å². The van der Waals surface area contributed by atoms with Crippen molar-refractivity contribution in [3.05, 3.63) is 222 Å². The molecule has 0 spiro atoms. The Morgan fingerprint density at radius 3 is 1.38 bits per heavy atom. The average molecular weight is 765 g/mol. The van der Waals surface area contributed by atoms with Crippen LogP contribution in [0.3, 0.4) is 0 Å². The van der Waals surface area contributed by atoms with Crippen LogP contribution in [0.15, 0.2) is 188 Å². The van der Waals surface area contributed by atoms with Gasteiger partial charge in [-0.3, -0.25) is 0 Å². The summed E-state index contributed by atoms with van der Waals surface area (Å²) in [6, 6.07) is 66.1. The highest BCUT2D eigenvalue weighted by Gasteiger charge is 2.38. The molecule has 278 valence electrons. The smallest absolute Gasteiger partial charge is 0.212 e. The van der Waals surface area contributed by atoms with E-state index in [4.69, 9.17) is 21.5 Å². The molecule has 8 aromatic carbocycles.